The summed E-state index contributed by atoms with van der Waals surface area (Å²) in [5, 5.41) is 10.3. The Balaban J connectivity index is 2.32. The fraction of sp³-hybridized carbons (Fsp3) is 0.267. The summed E-state index contributed by atoms with van der Waals surface area (Å²) in [6.07, 6.45) is 4.94. The topological polar surface area (TPSA) is 104 Å². The van der Waals surface area contributed by atoms with Crippen LogP contribution in [0, 0.1) is 0 Å². The molecule has 2 aromatic rings. The summed E-state index contributed by atoms with van der Waals surface area (Å²) < 4.78 is 27.4. The van der Waals surface area contributed by atoms with Crippen molar-refractivity contribution in [2.24, 2.45) is 0 Å². The summed E-state index contributed by atoms with van der Waals surface area (Å²) in [6, 6.07) is 9.55. The lowest BCUT2D eigenvalue weighted by Gasteiger charge is -2.30. The molecule has 214 valence electrons. The molecular formula is C30H34BrNO8. The first kappa shape index (κ1) is 32.2. The smallest absolute Gasteiger partial charge is 0.488 e. The molecule has 1 N–H and O–H groups in total. The Morgan fingerprint density at radius 2 is 1.40 bits per heavy atom. The van der Waals surface area contributed by atoms with Crippen LogP contribution in [0.5, 0.6) is 17.2 Å². The summed E-state index contributed by atoms with van der Waals surface area (Å²) in [5.74, 6) is 1.28. The van der Waals surface area contributed by atoms with Gasteiger partial charge in [0.2, 0.25) is 0 Å². The number of aliphatic hydroxyl groups is 1. The van der Waals surface area contributed by atoms with Gasteiger partial charge in [0.15, 0.2) is 0 Å². The van der Waals surface area contributed by atoms with Gasteiger partial charge in [0.1, 0.15) is 48.1 Å². The van der Waals surface area contributed by atoms with E-state index in [2.05, 4.69) is 42.2 Å². The Morgan fingerprint density at radius 1 is 0.850 bits per heavy atom. The minimum atomic E-state index is -0.848. The Hall–Kier alpha value is -4.02. The highest BCUT2D eigenvalue weighted by Gasteiger charge is 2.26. The van der Waals surface area contributed by atoms with E-state index in [1.54, 1.807) is 48.6 Å². The van der Waals surface area contributed by atoms with E-state index in [-0.39, 0.29) is 51.7 Å². The number of ether oxygens (including phenoxy) is 5. The highest BCUT2D eigenvalue weighted by atomic mass is 79.9. The van der Waals surface area contributed by atoms with Gasteiger partial charge in [0.25, 0.3) is 0 Å². The first-order valence-corrected chi connectivity index (χ1v) is 13.1. The Bertz CT molecular complexity index is 1130. The fourth-order valence-electron chi connectivity index (χ4n) is 3.47. The fourth-order valence-corrected chi connectivity index (χ4v) is 3.93. The molecule has 0 spiro atoms. The number of aliphatic hydroxyl groups excluding tert-OH is 1. The number of rotatable bonds is 17. The van der Waals surface area contributed by atoms with Crippen LogP contribution in [0.25, 0.3) is 0 Å². The van der Waals surface area contributed by atoms with Gasteiger partial charge >= 0.3 is 12.2 Å². The molecule has 0 aliphatic rings. The van der Waals surface area contributed by atoms with Crippen LogP contribution in [0.15, 0.2) is 91.5 Å². The zero-order valence-electron chi connectivity index (χ0n) is 22.3. The van der Waals surface area contributed by atoms with Crippen LogP contribution in [-0.2, 0) is 22.4 Å². The van der Waals surface area contributed by atoms with E-state index in [1.807, 2.05) is 0 Å². The summed E-state index contributed by atoms with van der Waals surface area (Å²) in [7, 11) is 0. The van der Waals surface area contributed by atoms with Crippen molar-refractivity contribution in [3.8, 4) is 17.2 Å². The van der Waals surface area contributed by atoms with Gasteiger partial charge in [-0.1, -0.05) is 62.8 Å². The van der Waals surface area contributed by atoms with Gasteiger partial charge in [-0.2, -0.15) is 0 Å². The van der Waals surface area contributed by atoms with E-state index in [1.165, 1.54) is 17.1 Å². The summed E-state index contributed by atoms with van der Waals surface area (Å²) >= 11 is 3.51. The van der Waals surface area contributed by atoms with Crippen LogP contribution in [0.1, 0.15) is 11.1 Å². The third-order valence-corrected chi connectivity index (χ3v) is 6.04. The molecule has 1 amide bonds. The van der Waals surface area contributed by atoms with Crippen molar-refractivity contribution in [2.45, 2.75) is 19.0 Å². The number of hydrogen-bond donors (Lipinski definition) is 1. The van der Waals surface area contributed by atoms with E-state index in [0.717, 1.165) is 5.56 Å². The van der Waals surface area contributed by atoms with Gasteiger partial charge in [0, 0.05) is 6.54 Å². The van der Waals surface area contributed by atoms with Crippen molar-refractivity contribution in [1.82, 2.24) is 4.90 Å². The Morgan fingerprint density at radius 3 is 1.93 bits per heavy atom. The number of nitrogens with zero attached hydrogens (tertiary/aromatic N) is 1. The van der Waals surface area contributed by atoms with Crippen LogP contribution in [0.3, 0.4) is 0 Å². The highest BCUT2D eigenvalue weighted by Crippen LogP contribution is 2.37. The SMILES string of the molecule is C=CCOC(=O)Oc1ccc(C[C@@H](CO)N(Cc2cc(OCC=C)c(Br)c(OCC=C)c2)C(=O)OCC=C)cc1. The predicted molar refractivity (Wildman–Crippen MR) is 156 cm³/mol. The van der Waals surface area contributed by atoms with Gasteiger partial charge in [-0.05, 0) is 57.7 Å². The standard InChI is InChI=1S/C30H34BrNO8/c1-5-13-36-26-18-23(19-27(28(26)31)37-14-6-2)20-32(29(34)38-15-7-3)24(21-33)17-22-9-11-25(12-10-22)40-30(35)39-16-8-4/h5-12,18-19,24,33H,1-4,13-17,20-21H2/t24-/m0/s1. The molecule has 40 heavy (non-hydrogen) atoms. The van der Waals surface area contributed by atoms with Crippen molar-refractivity contribution in [2.75, 3.05) is 33.0 Å². The maximum atomic E-state index is 13.1. The first-order chi connectivity index (χ1) is 19.4. The molecule has 0 unspecified atom stereocenters. The van der Waals surface area contributed by atoms with Gasteiger partial charge in [-0.25, -0.2) is 9.59 Å². The largest absolute Gasteiger partial charge is 0.514 e. The van der Waals surface area contributed by atoms with Crippen LogP contribution in [-0.4, -0.2) is 61.3 Å². The number of benzene rings is 2. The molecule has 0 radical (unpaired) electrons. The van der Waals surface area contributed by atoms with Crippen molar-refractivity contribution in [1.29, 1.82) is 0 Å². The van der Waals surface area contributed by atoms with E-state index in [9.17, 15) is 14.7 Å². The Kier molecular flexibility index (Phi) is 14.1. The summed E-state index contributed by atoms with van der Waals surface area (Å²) in [6.45, 7) is 14.7. The quantitative estimate of drug-likeness (QED) is 0.131. The molecule has 0 fully saturated rings. The zero-order chi connectivity index (χ0) is 29.3. The third-order valence-electron chi connectivity index (χ3n) is 5.26. The lowest BCUT2D eigenvalue weighted by atomic mass is 10.0. The van der Waals surface area contributed by atoms with Crippen LogP contribution in [0.2, 0.25) is 0 Å². The second-order valence-corrected chi connectivity index (χ2v) is 9.03. The molecule has 2 rings (SSSR count). The zero-order valence-corrected chi connectivity index (χ0v) is 23.8. The molecule has 0 aliphatic carbocycles. The second kappa shape index (κ2) is 17.5. The Labute approximate surface area is 243 Å². The van der Waals surface area contributed by atoms with E-state index in [4.69, 9.17) is 23.7 Å². The number of hydrogen-bond acceptors (Lipinski definition) is 8. The number of halogens is 1. The molecule has 0 heterocycles. The molecule has 0 aromatic heterocycles. The average molecular weight is 617 g/mol. The average Bonchev–Trinajstić information content (AvgIpc) is 2.96. The van der Waals surface area contributed by atoms with Gasteiger partial charge in [0.05, 0.1) is 12.6 Å². The maximum Gasteiger partial charge on any atom is 0.514 e. The van der Waals surface area contributed by atoms with Crippen molar-refractivity contribution in [3.05, 3.63) is 103 Å². The monoisotopic (exact) mass is 615 g/mol. The van der Waals surface area contributed by atoms with E-state index >= 15 is 0 Å². The van der Waals surface area contributed by atoms with Crippen LogP contribution >= 0.6 is 15.9 Å². The van der Waals surface area contributed by atoms with E-state index in [0.29, 0.717) is 21.5 Å². The van der Waals surface area contributed by atoms with E-state index < -0.39 is 18.3 Å². The second-order valence-electron chi connectivity index (χ2n) is 8.24. The van der Waals surface area contributed by atoms with Crippen molar-refractivity contribution in [3.63, 3.8) is 0 Å². The lowest BCUT2D eigenvalue weighted by molar-refractivity contribution is 0.0716. The summed E-state index contributed by atoms with van der Waals surface area (Å²) in [4.78, 5) is 26.2. The molecule has 2 aromatic carbocycles. The van der Waals surface area contributed by atoms with Crippen LogP contribution < -0.4 is 14.2 Å². The van der Waals surface area contributed by atoms with Gasteiger partial charge in [-0.3, -0.25) is 4.90 Å². The summed E-state index contributed by atoms with van der Waals surface area (Å²) in [5.41, 5.74) is 1.46. The molecule has 0 aliphatic heterocycles. The molecular weight excluding hydrogens is 582 g/mol. The lowest BCUT2D eigenvalue weighted by Crippen LogP contribution is -2.43. The maximum absolute atomic E-state index is 13.1. The van der Waals surface area contributed by atoms with Gasteiger partial charge in [-0.15, -0.1) is 0 Å². The molecule has 0 saturated heterocycles. The first-order valence-electron chi connectivity index (χ1n) is 12.4. The van der Waals surface area contributed by atoms with Crippen molar-refractivity contribution < 1.29 is 38.4 Å². The molecule has 0 saturated carbocycles. The number of carbonyl (C=O) groups is 2. The number of carbonyl (C=O) groups excluding carboxylic acids is 2. The van der Waals surface area contributed by atoms with Crippen molar-refractivity contribution >= 4 is 28.2 Å². The van der Waals surface area contributed by atoms with Crippen LogP contribution in [0.4, 0.5) is 9.59 Å². The minimum absolute atomic E-state index is 0.00318. The number of amides is 1. The minimum Gasteiger partial charge on any atom is -0.488 e. The third kappa shape index (κ3) is 10.3. The predicted octanol–water partition coefficient (Wildman–Crippen LogP) is 6.01. The molecule has 0 bridgehead atoms. The molecule has 10 heteroatoms. The highest BCUT2D eigenvalue weighted by molar-refractivity contribution is 9.10. The normalized spacial score (nSPS) is 10.9. The van der Waals surface area contributed by atoms with Gasteiger partial charge < -0.3 is 28.8 Å². The molecule has 9 nitrogen and oxygen atoms in total. The molecule has 1 atom stereocenters.